The van der Waals surface area contributed by atoms with Crippen LogP contribution in [0.25, 0.3) is 0 Å². The highest BCUT2D eigenvalue weighted by Gasteiger charge is 2.28. The van der Waals surface area contributed by atoms with Gasteiger partial charge in [-0.3, -0.25) is 4.79 Å². The number of rotatable bonds is 13. The number of hydrogen-bond acceptors (Lipinski definition) is 7. The number of sulfonamides is 1. The molecule has 1 unspecified atom stereocenters. The fourth-order valence-electron chi connectivity index (χ4n) is 5.37. The molecule has 2 aliphatic rings. The lowest BCUT2D eigenvalue weighted by Crippen LogP contribution is -2.49. The number of piperidine rings is 1. The van der Waals surface area contributed by atoms with Crippen molar-refractivity contribution in [2.45, 2.75) is 56.9 Å². The van der Waals surface area contributed by atoms with Gasteiger partial charge in [0.25, 0.3) is 0 Å². The number of amides is 1. The summed E-state index contributed by atoms with van der Waals surface area (Å²) < 4.78 is 38.8. The maximum Gasteiger partial charge on any atom is 0.243 e. The van der Waals surface area contributed by atoms with Gasteiger partial charge < -0.3 is 24.2 Å². The minimum absolute atomic E-state index is 0.208. The van der Waals surface area contributed by atoms with Crippen LogP contribution in [0.5, 0.6) is 5.75 Å². The Morgan fingerprint density at radius 2 is 1.76 bits per heavy atom. The topological polar surface area (TPSA) is 82.6 Å². The smallest absolute Gasteiger partial charge is 0.243 e. The van der Waals surface area contributed by atoms with Gasteiger partial charge >= 0.3 is 0 Å². The summed E-state index contributed by atoms with van der Waals surface area (Å²) in [5.41, 5.74) is 2.13. The number of carbonyl (C=O) groups excluding carboxylic acids is 1. The highest BCUT2D eigenvalue weighted by Crippen LogP contribution is 2.27. The predicted molar refractivity (Wildman–Crippen MR) is 150 cm³/mol. The van der Waals surface area contributed by atoms with Gasteiger partial charge in [-0.25, -0.2) is 8.42 Å². The lowest BCUT2D eigenvalue weighted by molar-refractivity contribution is -0.133. The SMILES string of the molecule is C=C(COCCN(C)S(=O)(=O)c1c(C)cc(OC)cc1C)N(C)C1CCCN(C(=O)CCN2CCCC2)C1. The largest absolute Gasteiger partial charge is 0.497 e. The van der Waals surface area contributed by atoms with Gasteiger partial charge in [-0.1, -0.05) is 6.58 Å². The molecule has 2 saturated heterocycles. The molecule has 2 heterocycles. The van der Waals surface area contributed by atoms with Gasteiger partial charge in [0.15, 0.2) is 0 Å². The van der Waals surface area contributed by atoms with E-state index < -0.39 is 10.0 Å². The number of carbonyl (C=O) groups is 1. The molecule has 1 amide bonds. The Bertz CT molecular complexity index is 1050. The molecule has 214 valence electrons. The minimum atomic E-state index is -3.66. The van der Waals surface area contributed by atoms with Crippen molar-refractivity contribution in [1.29, 1.82) is 0 Å². The molecule has 38 heavy (non-hydrogen) atoms. The second kappa shape index (κ2) is 13.8. The highest BCUT2D eigenvalue weighted by molar-refractivity contribution is 7.89. The van der Waals surface area contributed by atoms with E-state index >= 15 is 0 Å². The van der Waals surface area contributed by atoms with Crippen LogP contribution in [-0.4, -0.2) is 113 Å². The lowest BCUT2D eigenvalue weighted by Gasteiger charge is -2.39. The van der Waals surface area contributed by atoms with Crippen LogP contribution < -0.4 is 4.74 Å². The monoisotopic (exact) mass is 550 g/mol. The Morgan fingerprint density at radius 1 is 1.11 bits per heavy atom. The average Bonchev–Trinajstić information content (AvgIpc) is 3.42. The molecular weight excluding hydrogens is 504 g/mol. The van der Waals surface area contributed by atoms with E-state index in [9.17, 15) is 13.2 Å². The number of methoxy groups -OCH3 is 1. The van der Waals surface area contributed by atoms with E-state index in [0.717, 1.165) is 44.7 Å². The fraction of sp³-hybridized carbons (Fsp3) is 0.679. The molecule has 2 aliphatic heterocycles. The van der Waals surface area contributed by atoms with Gasteiger partial charge in [0, 0.05) is 58.4 Å². The summed E-state index contributed by atoms with van der Waals surface area (Å²) in [6.07, 6.45) is 5.05. The second-order valence-corrected chi connectivity index (χ2v) is 12.6. The Kier molecular flexibility index (Phi) is 11.0. The predicted octanol–water partition coefficient (Wildman–Crippen LogP) is 2.87. The second-order valence-electron chi connectivity index (χ2n) is 10.6. The van der Waals surface area contributed by atoms with Crippen LogP contribution in [0.4, 0.5) is 0 Å². The van der Waals surface area contributed by atoms with Gasteiger partial charge in [-0.05, 0) is 75.9 Å². The molecule has 10 heteroatoms. The molecule has 0 bridgehead atoms. The number of nitrogens with zero attached hydrogens (tertiary/aromatic N) is 4. The molecule has 1 aromatic rings. The number of hydrogen-bond donors (Lipinski definition) is 0. The van der Waals surface area contributed by atoms with Gasteiger partial charge in [-0.2, -0.15) is 4.31 Å². The maximum absolute atomic E-state index is 13.2. The van der Waals surface area contributed by atoms with E-state index in [4.69, 9.17) is 9.47 Å². The standard InChI is InChI=1S/C28H46N4O5S/c1-22-18-26(36-6)19-23(2)28(22)38(34,35)29(4)16-17-37-21-24(3)30(5)25-10-9-14-32(20-25)27(33)11-15-31-12-7-8-13-31/h18-19,25H,3,7-17,20-21H2,1-2,4-6H3. The van der Waals surface area contributed by atoms with Crippen molar-refractivity contribution in [2.24, 2.45) is 0 Å². The Morgan fingerprint density at radius 3 is 2.39 bits per heavy atom. The van der Waals surface area contributed by atoms with Crippen LogP contribution >= 0.6 is 0 Å². The first-order chi connectivity index (χ1) is 18.0. The van der Waals surface area contributed by atoms with Crippen molar-refractivity contribution >= 4 is 15.9 Å². The third kappa shape index (κ3) is 7.71. The summed E-state index contributed by atoms with van der Waals surface area (Å²) in [7, 11) is 1.48. The minimum Gasteiger partial charge on any atom is -0.497 e. The Hall–Kier alpha value is -2.14. The summed E-state index contributed by atoms with van der Waals surface area (Å²) in [6, 6.07) is 3.68. The van der Waals surface area contributed by atoms with Crippen LogP contribution in [0.3, 0.4) is 0 Å². The molecule has 3 rings (SSSR count). The van der Waals surface area contributed by atoms with Crippen molar-refractivity contribution in [3.63, 3.8) is 0 Å². The molecule has 0 N–H and O–H groups in total. The summed E-state index contributed by atoms with van der Waals surface area (Å²) in [5.74, 6) is 0.878. The first-order valence-corrected chi connectivity index (χ1v) is 15.1. The van der Waals surface area contributed by atoms with Crippen molar-refractivity contribution in [3.05, 3.63) is 35.5 Å². The van der Waals surface area contributed by atoms with E-state index in [2.05, 4.69) is 16.4 Å². The van der Waals surface area contributed by atoms with Crippen LogP contribution in [0, 0.1) is 13.8 Å². The van der Waals surface area contributed by atoms with E-state index in [1.807, 2.05) is 11.9 Å². The van der Waals surface area contributed by atoms with Crippen LogP contribution in [0.2, 0.25) is 0 Å². The zero-order valence-corrected chi connectivity index (χ0v) is 24.7. The summed E-state index contributed by atoms with van der Waals surface area (Å²) >= 11 is 0. The normalized spacial score (nSPS) is 18.7. The zero-order valence-electron chi connectivity index (χ0n) is 23.9. The van der Waals surface area contributed by atoms with E-state index in [0.29, 0.717) is 41.3 Å². The molecule has 0 saturated carbocycles. The van der Waals surface area contributed by atoms with Gasteiger partial charge in [0.05, 0.1) is 25.2 Å². The zero-order chi connectivity index (χ0) is 27.9. The average molecular weight is 551 g/mol. The van der Waals surface area contributed by atoms with Crippen molar-refractivity contribution in [3.8, 4) is 5.75 Å². The van der Waals surface area contributed by atoms with Gasteiger partial charge in [0.2, 0.25) is 15.9 Å². The number of likely N-dealkylation sites (tertiary alicyclic amines) is 2. The maximum atomic E-state index is 13.2. The van der Waals surface area contributed by atoms with Crippen LogP contribution in [0.15, 0.2) is 29.3 Å². The molecule has 0 aliphatic carbocycles. The van der Waals surface area contributed by atoms with Gasteiger partial charge in [0.1, 0.15) is 5.75 Å². The van der Waals surface area contributed by atoms with Gasteiger partial charge in [-0.15, -0.1) is 0 Å². The van der Waals surface area contributed by atoms with Crippen molar-refractivity contribution in [2.75, 3.05) is 73.7 Å². The molecule has 9 nitrogen and oxygen atoms in total. The lowest BCUT2D eigenvalue weighted by atomic mass is 10.0. The molecular formula is C28H46N4O5S. The highest BCUT2D eigenvalue weighted by atomic mass is 32.2. The fourth-order valence-corrected chi connectivity index (χ4v) is 6.93. The number of ether oxygens (including phenoxy) is 2. The first kappa shape index (κ1) is 30.4. The molecule has 1 aromatic carbocycles. The number of likely N-dealkylation sites (N-methyl/N-ethyl adjacent to an activating group) is 2. The third-order valence-corrected chi connectivity index (χ3v) is 9.96. The van der Waals surface area contributed by atoms with E-state index in [1.165, 1.54) is 17.1 Å². The van der Waals surface area contributed by atoms with Crippen LogP contribution in [-0.2, 0) is 19.6 Å². The quantitative estimate of drug-likeness (QED) is 0.349. The van der Waals surface area contributed by atoms with Crippen molar-refractivity contribution < 1.29 is 22.7 Å². The third-order valence-electron chi connectivity index (χ3n) is 7.79. The number of aryl methyl sites for hydroxylation is 2. The summed E-state index contributed by atoms with van der Waals surface area (Å²) in [6.45, 7) is 13.1. The van der Waals surface area contributed by atoms with Crippen molar-refractivity contribution in [1.82, 2.24) is 19.0 Å². The van der Waals surface area contributed by atoms with E-state index in [1.54, 1.807) is 40.1 Å². The summed E-state index contributed by atoms with van der Waals surface area (Å²) in [5, 5.41) is 0. The van der Waals surface area contributed by atoms with Crippen LogP contribution in [0.1, 0.15) is 43.2 Å². The Labute approximate surface area is 229 Å². The molecule has 0 spiro atoms. The molecule has 2 fully saturated rings. The molecule has 1 atom stereocenters. The molecule has 0 radical (unpaired) electrons. The Balaban J connectivity index is 1.44. The molecule has 0 aromatic heterocycles. The van der Waals surface area contributed by atoms with E-state index in [-0.39, 0.29) is 25.1 Å². The summed E-state index contributed by atoms with van der Waals surface area (Å²) in [4.78, 5) is 19.6. The first-order valence-electron chi connectivity index (χ1n) is 13.6. The number of benzene rings is 1.